The first-order chi connectivity index (χ1) is 10.1. The van der Waals surface area contributed by atoms with Crippen molar-refractivity contribution >= 4 is 12.4 Å². The lowest BCUT2D eigenvalue weighted by atomic mass is 10.2. The van der Waals surface area contributed by atoms with Gasteiger partial charge in [-0.05, 0) is 46.2 Å². The summed E-state index contributed by atoms with van der Waals surface area (Å²) >= 11 is 0. The molecule has 1 aromatic rings. The maximum absolute atomic E-state index is 5.93. The average Bonchev–Trinajstić information content (AvgIpc) is 2.44. The monoisotopic (exact) mass is 329 g/mol. The van der Waals surface area contributed by atoms with Crippen molar-refractivity contribution in [2.75, 3.05) is 19.8 Å². The summed E-state index contributed by atoms with van der Waals surface area (Å²) in [7, 11) is 0. The van der Waals surface area contributed by atoms with Crippen molar-refractivity contribution < 1.29 is 9.47 Å². The van der Waals surface area contributed by atoms with Gasteiger partial charge in [-0.1, -0.05) is 25.5 Å². The molecule has 22 heavy (non-hydrogen) atoms. The summed E-state index contributed by atoms with van der Waals surface area (Å²) in [4.78, 5) is 2.43. The third kappa shape index (κ3) is 7.37. The van der Waals surface area contributed by atoms with Gasteiger partial charge in [-0.2, -0.15) is 0 Å². The van der Waals surface area contributed by atoms with Gasteiger partial charge in [0.2, 0.25) is 0 Å². The second-order valence-corrected chi connectivity index (χ2v) is 5.92. The van der Waals surface area contributed by atoms with Crippen molar-refractivity contribution in [2.45, 2.75) is 59.5 Å². The van der Waals surface area contributed by atoms with Crippen LogP contribution in [-0.2, 0) is 0 Å². The number of para-hydroxylation sites is 2. The molecule has 0 N–H and O–H groups in total. The molecule has 0 aliphatic heterocycles. The predicted molar refractivity (Wildman–Crippen MR) is 96.6 cm³/mol. The minimum atomic E-state index is 0. The van der Waals surface area contributed by atoms with Crippen LogP contribution in [0.2, 0.25) is 0 Å². The van der Waals surface area contributed by atoms with Crippen LogP contribution < -0.4 is 9.47 Å². The van der Waals surface area contributed by atoms with Crippen molar-refractivity contribution in [3.05, 3.63) is 24.3 Å². The fourth-order valence-electron chi connectivity index (χ4n) is 2.39. The minimum absolute atomic E-state index is 0. The lowest BCUT2D eigenvalue weighted by Gasteiger charge is -2.30. The first-order valence-corrected chi connectivity index (χ1v) is 8.16. The van der Waals surface area contributed by atoms with Crippen LogP contribution in [0.15, 0.2) is 24.3 Å². The number of ether oxygens (including phenoxy) is 2. The Labute approximate surface area is 142 Å². The van der Waals surface area contributed by atoms with Crippen LogP contribution in [-0.4, -0.2) is 36.7 Å². The summed E-state index contributed by atoms with van der Waals surface area (Å²) in [6, 6.07) is 9.01. The minimum Gasteiger partial charge on any atom is -0.490 e. The Balaban J connectivity index is 0.00000441. The summed E-state index contributed by atoms with van der Waals surface area (Å²) < 4.78 is 11.7. The Hall–Kier alpha value is -0.930. The van der Waals surface area contributed by atoms with Gasteiger partial charge in [-0.3, -0.25) is 4.90 Å². The van der Waals surface area contributed by atoms with Gasteiger partial charge in [-0.15, -0.1) is 12.4 Å². The second kappa shape index (κ2) is 11.6. The molecular weight excluding hydrogens is 298 g/mol. The number of nitrogens with zero attached hydrogens (tertiary/aromatic N) is 1. The Morgan fingerprint density at radius 1 is 0.909 bits per heavy atom. The molecule has 0 spiro atoms. The SMILES string of the molecule is CCCCOc1ccccc1OCCN(C(C)C)C(C)C.Cl. The van der Waals surface area contributed by atoms with Crippen LogP contribution in [0.1, 0.15) is 47.5 Å². The smallest absolute Gasteiger partial charge is 0.161 e. The highest BCUT2D eigenvalue weighted by Crippen LogP contribution is 2.26. The second-order valence-electron chi connectivity index (χ2n) is 5.92. The molecule has 0 saturated carbocycles. The highest BCUT2D eigenvalue weighted by Gasteiger charge is 2.13. The molecule has 0 unspecified atom stereocenters. The molecule has 0 fully saturated rings. The summed E-state index contributed by atoms with van der Waals surface area (Å²) in [6.45, 7) is 13.4. The standard InChI is InChI=1S/C18H31NO2.ClH/c1-6-7-13-20-17-10-8-9-11-18(17)21-14-12-19(15(2)3)16(4)5;/h8-11,15-16H,6-7,12-14H2,1-5H3;1H. The van der Waals surface area contributed by atoms with Crippen molar-refractivity contribution in [3.8, 4) is 11.5 Å². The summed E-state index contributed by atoms with van der Waals surface area (Å²) in [5.41, 5.74) is 0. The number of benzene rings is 1. The molecule has 1 aromatic carbocycles. The highest BCUT2D eigenvalue weighted by atomic mass is 35.5. The number of hydrogen-bond acceptors (Lipinski definition) is 3. The molecule has 0 aromatic heterocycles. The zero-order chi connectivity index (χ0) is 15.7. The topological polar surface area (TPSA) is 21.7 Å². The van der Waals surface area contributed by atoms with Crippen molar-refractivity contribution in [2.24, 2.45) is 0 Å². The van der Waals surface area contributed by atoms with E-state index in [4.69, 9.17) is 9.47 Å². The predicted octanol–water partition coefficient (Wildman–Crippen LogP) is 4.78. The van der Waals surface area contributed by atoms with Crippen molar-refractivity contribution in [1.82, 2.24) is 4.90 Å². The molecule has 0 bridgehead atoms. The largest absolute Gasteiger partial charge is 0.490 e. The molecule has 4 heteroatoms. The Bertz CT molecular complexity index is 388. The van der Waals surface area contributed by atoms with E-state index in [1.807, 2.05) is 24.3 Å². The molecule has 0 saturated heterocycles. The van der Waals surface area contributed by atoms with Gasteiger partial charge < -0.3 is 9.47 Å². The molecule has 0 atom stereocenters. The van der Waals surface area contributed by atoms with Crippen LogP contribution in [0.25, 0.3) is 0 Å². The maximum atomic E-state index is 5.93. The van der Waals surface area contributed by atoms with Gasteiger partial charge in [0.25, 0.3) is 0 Å². The summed E-state index contributed by atoms with van der Waals surface area (Å²) in [5.74, 6) is 1.70. The van der Waals surface area contributed by atoms with Crippen LogP contribution in [0, 0.1) is 0 Å². The van der Waals surface area contributed by atoms with Gasteiger partial charge in [0.15, 0.2) is 11.5 Å². The van der Waals surface area contributed by atoms with Crippen LogP contribution in [0.4, 0.5) is 0 Å². The van der Waals surface area contributed by atoms with E-state index in [1.54, 1.807) is 0 Å². The fraction of sp³-hybridized carbons (Fsp3) is 0.667. The van der Waals surface area contributed by atoms with E-state index in [0.717, 1.165) is 37.5 Å². The maximum Gasteiger partial charge on any atom is 0.161 e. The molecule has 128 valence electrons. The zero-order valence-corrected chi connectivity index (χ0v) is 15.5. The third-order valence-electron chi connectivity index (χ3n) is 3.54. The Morgan fingerprint density at radius 2 is 1.41 bits per heavy atom. The molecule has 0 aliphatic rings. The van der Waals surface area contributed by atoms with E-state index in [-0.39, 0.29) is 12.4 Å². The quantitative estimate of drug-likeness (QED) is 0.576. The van der Waals surface area contributed by atoms with Gasteiger partial charge in [0.05, 0.1) is 6.61 Å². The highest BCUT2D eigenvalue weighted by molar-refractivity contribution is 5.85. The zero-order valence-electron chi connectivity index (χ0n) is 14.7. The molecule has 1 rings (SSSR count). The van der Waals surface area contributed by atoms with E-state index in [1.165, 1.54) is 0 Å². The normalized spacial score (nSPS) is 10.9. The Kier molecular flexibility index (Phi) is 11.1. The number of unbranched alkanes of at least 4 members (excludes halogenated alkanes) is 1. The molecule has 0 amide bonds. The van der Waals surface area contributed by atoms with E-state index in [0.29, 0.717) is 18.7 Å². The lowest BCUT2D eigenvalue weighted by Crippen LogP contribution is -2.39. The van der Waals surface area contributed by atoms with Gasteiger partial charge >= 0.3 is 0 Å². The van der Waals surface area contributed by atoms with Crippen LogP contribution in [0.3, 0.4) is 0 Å². The van der Waals surface area contributed by atoms with Gasteiger partial charge in [0, 0.05) is 18.6 Å². The molecule has 3 nitrogen and oxygen atoms in total. The van der Waals surface area contributed by atoms with Gasteiger partial charge in [-0.25, -0.2) is 0 Å². The fourth-order valence-corrected chi connectivity index (χ4v) is 2.39. The molecular formula is C18H32ClNO2. The van der Waals surface area contributed by atoms with Crippen molar-refractivity contribution in [1.29, 1.82) is 0 Å². The molecule has 0 radical (unpaired) electrons. The van der Waals surface area contributed by atoms with E-state index in [9.17, 15) is 0 Å². The van der Waals surface area contributed by atoms with Crippen LogP contribution in [0.5, 0.6) is 11.5 Å². The van der Waals surface area contributed by atoms with E-state index in [2.05, 4.69) is 39.5 Å². The van der Waals surface area contributed by atoms with E-state index < -0.39 is 0 Å². The van der Waals surface area contributed by atoms with Gasteiger partial charge in [0.1, 0.15) is 6.61 Å². The van der Waals surface area contributed by atoms with Crippen LogP contribution >= 0.6 is 12.4 Å². The number of rotatable bonds is 10. The summed E-state index contributed by atoms with van der Waals surface area (Å²) in [6.07, 6.45) is 2.21. The van der Waals surface area contributed by atoms with E-state index >= 15 is 0 Å². The first kappa shape index (κ1) is 21.1. The number of halogens is 1. The first-order valence-electron chi connectivity index (χ1n) is 8.16. The molecule has 0 aliphatic carbocycles. The number of hydrogen-bond donors (Lipinski definition) is 0. The average molecular weight is 330 g/mol. The summed E-state index contributed by atoms with van der Waals surface area (Å²) in [5, 5.41) is 0. The third-order valence-corrected chi connectivity index (χ3v) is 3.54. The Morgan fingerprint density at radius 3 is 1.86 bits per heavy atom. The lowest BCUT2D eigenvalue weighted by molar-refractivity contribution is 0.140. The van der Waals surface area contributed by atoms with Crippen molar-refractivity contribution in [3.63, 3.8) is 0 Å². The molecule has 0 heterocycles.